The maximum Gasteiger partial charge on any atom is 0.312 e. The van der Waals surface area contributed by atoms with E-state index in [9.17, 15) is 4.79 Å². The highest BCUT2D eigenvalue weighted by Crippen LogP contribution is 2.09. The van der Waals surface area contributed by atoms with Crippen LogP contribution in [0, 0.1) is 5.92 Å². The van der Waals surface area contributed by atoms with Crippen LogP contribution >= 0.6 is 0 Å². The number of nitrogens with zero attached hydrogens (tertiary/aromatic N) is 1. The average molecular weight is 199 g/mol. The monoisotopic (exact) mass is 199 g/mol. The van der Waals surface area contributed by atoms with Crippen molar-refractivity contribution in [3.63, 3.8) is 0 Å². The van der Waals surface area contributed by atoms with E-state index in [1.807, 2.05) is 13.8 Å². The molecule has 0 amide bonds. The Hall–Kier alpha value is -0.860. The first kappa shape index (κ1) is 13.1. The van der Waals surface area contributed by atoms with E-state index in [0.717, 1.165) is 31.5 Å². The Morgan fingerprint density at radius 3 is 2.36 bits per heavy atom. The fourth-order valence-electron chi connectivity index (χ4n) is 1.40. The molecule has 1 atom stereocenters. The molecular formula is C11H21NO2. The lowest BCUT2D eigenvalue weighted by molar-refractivity contribution is -0.139. The molecule has 0 saturated heterocycles. The number of carboxylic acids is 1. The normalized spacial score (nSPS) is 14.1. The van der Waals surface area contributed by atoms with Crippen LogP contribution in [0.25, 0.3) is 0 Å². The molecule has 0 fully saturated rings. The van der Waals surface area contributed by atoms with Gasteiger partial charge in [0.2, 0.25) is 0 Å². The minimum atomic E-state index is -0.746. The summed E-state index contributed by atoms with van der Waals surface area (Å²) in [7, 11) is 0. The van der Waals surface area contributed by atoms with E-state index < -0.39 is 5.97 Å². The van der Waals surface area contributed by atoms with Gasteiger partial charge in [0, 0.05) is 12.3 Å². The van der Waals surface area contributed by atoms with Crippen LogP contribution in [0.3, 0.4) is 0 Å². The molecule has 0 heterocycles. The summed E-state index contributed by atoms with van der Waals surface area (Å²) in [5, 5.41) is 8.95. The summed E-state index contributed by atoms with van der Waals surface area (Å²) in [5.74, 6) is -1.12. The standard InChI is InChI=1S/C11H21NO2/c1-4-7-8-12-10(6-3)9(5-2)11(13)14/h9H,4-8H2,1-3H3,(H,13,14). The summed E-state index contributed by atoms with van der Waals surface area (Å²) in [4.78, 5) is 15.2. The molecule has 0 spiro atoms. The van der Waals surface area contributed by atoms with Gasteiger partial charge in [-0.25, -0.2) is 0 Å². The topological polar surface area (TPSA) is 49.7 Å². The van der Waals surface area contributed by atoms with Gasteiger partial charge < -0.3 is 5.11 Å². The molecule has 3 nitrogen and oxygen atoms in total. The van der Waals surface area contributed by atoms with Crippen LogP contribution in [-0.2, 0) is 4.79 Å². The fourth-order valence-corrected chi connectivity index (χ4v) is 1.40. The molecule has 0 aromatic rings. The van der Waals surface area contributed by atoms with Gasteiger partial charge in [-0.1, -0.05) is 27.2 Å². The number of aliphatic imine (C=N–C) groups is 1. The predicted octanol–water partition coefficient (Wildman–Crippen LogP) is 2.75. The largest absolute Gasteiger partial charge is 0.481 e. The second kappa shape index (κ2) is 7.54. The highest BCUT2D eigenvalue weighted by atomic mass is 16.4. The van der Waals surface area contributed by atoms with Crippen molar-refractivity contribution in [1.82, 2.24) is 0 Å². The van der Waals surface area contributed by atoms with E-state index in [1.54, 1.807) is 0 Å². The fraction of sp³-hybridized carbons (Fsp3) is 0.818. The van der Waals surface area contributed by atoms with Crippen LogP contribution in [-0.4, -0.2) is 23.3 Å². The molecule has 0 aliphatic rings. The quantitative estimate of drug-likeness (QED) is 0.506. The van der Waals surface area contributed by atoms with Crippen molar-refractivity contribution in [3.8, 4) is 0 Å². The Kier molecular flexibility index (Phi) is 7.07. The molecule has 0 rings (SSSR count). The van der Waals surface area contributed by atoms with E-state index in [-0.39, 0.29) is 5.92 Å². The molecule has 3 heteroatoms. The molecule has 0 bridgehead atoms. The summed E-state index contributed by atoms with van der Waals surface area (Å²) in [6.45, 7) is 6.74. The number of hydrogen-bond donors (Lipinski definition) is 1. The van der Waals surface area contributed by atoms with Crippen LogP contribution in [0.4, 0.5) is 0 Å². The molecule has 0 aromatic carbocycles. The lowest BCUT2D eigenvalue weighted by Crippen LogP contribution is -2.22. The Morgan fingerprint density at radius 1 is 1.36 bits per heavy atom. The average Bonchev–Trinajstić information content (AvgIpc) is 2.16. The van der Waals surface area contributed by atoms with E-state index in [0.29, 0.717) is 6.42 Å². The minimum absolute atomic E-state index is 0.378. The van der Waals surface area contributed by atoms with Crippen molar-refractivity contribution in [2.24, 2.45) is 10.9 Å². The van der Waals surface area contributed by atoms with Crippen molar-refractivity contribution in [3.05, 3.63) is 0 Å². The number of hydrogen-bond acceptors (Lipinski definition) is 2. The van der Waals surface area contributed by atoms with Gasteiger partial charge in [-0.2, -0.15) is 0 Å². The van der Waals surface area contributed by atoms with Gasteiger partial charge in [0.1, 0.15) is 0 Å². The third-order valence-electron chi connectivity index (χ3n) is 2.30. The first-order chi connectivity index (χ1) is 6.67. The van der Waals surface area contributed by atoms with Gasteiger partial charge in [0.15, 0.2) is 0 Å². The first-order valence-electron chi connectivity index (χ1n) is 5.43. The number of rotatable bonds is 7. The number of aliphatic carboxylic acids is 1. The SMILES string of the molecule is CCCCN=C(CC)C(CC)C(=O)O. The maximum absolute atomic E-state index is 10.9. The molecule has 0 aliphatic carbocycles. The third-order valence-corrected chi connectivity index (χ3v) is 2.30. The van der Waals surface area contributed by atoms with Gasteiger partial charge in [-0.05, 0) is 19.3 Å². The Balaban J connectivity index is 4.34. The molecular weight excluding hydrogens is 178 g/mol. The molecule has 0 radical (unpaired) electrons. The Labute approximate surface area is 86.2 Å². The maximum atomic E-state index is 10.9. The van der Waals surface area contributed by atoms with E-state index >= 15 is 0 Å². The molecule has 1 unspecified atom stereocenters. The van der Waals surface area contributed by atoms with Gasteiger partial charge in [-0.3, -0.25) is 9.79 Å². The van der Waals surface area contributed by atoms with E-state index in [2.05, 4.69) is 11.9 Å². The number of carboxylic acid groups (broad SMARTS) is 1. The lowest BCUT2D eigenvalue weighted by Gasteiger charge is -2.11. The van der Waals surface area contributed by atoms with Crippen LogP contribution in [0.5, 0.6) is 0 Å². The van der Waals surface area contributed by atoms with E-state index in [1.165, 1.54) is 0 Å². The van der Waals surface area contributed by atoms with Crippen molar-refractivity contribution in [2.75, 3.05) is 6.54 Å². The van der Waals surface area contributed by atoms with Crippen LogP contribution < -0.4 is 0 Å². The zero-order chi connectivity index (χ0) is 11.0. The molecule has 0 aromatic heterocycles. The van der Waals surface area contributed by atoms with Gasteiger partial charge >= 0.3 is 5.97 Å². The second-order valence-electron chi connectivity index (χ2n) is 3.38. The van der Waals surface area contributed by atoms with Crippen LogP contribution in [0.1, 0.15) is 46.5 Å². The summed E-state index contributed by atoms with van der Waals surface area (Å²) in [6, 6.07) is 0. The Morgan fingerprint density at radius 2 is 2.00 bits per heavy atom. The number of carbonyl (C=O) groups is 1. The van der Waals surface area contributed by atoms with Gasteiger partial charge in [0.05, 0.1) is 5.92 Å². The zero-order valence-electron chi connectivity index (χ0n) is 9.42. The first-order valence-corrected chi connectivity index (χ1v) is 5.43. The summed E-state index contributed by atoms with van der Waals surface area (Å²) < 4.78 is 0. The molecule has 0 saturated carbocycles. The smallest absolute Gasteiger partial charge is 0.312 e. The van der Waals surface area contributed by atoms with Gasteiger partial charge in [-0.15, -0.1) is 0 Å². The van der Waals surface area contributed by atoms with Gasteiger partial charge in [0.25, 0.3) is 0 Å². The lowest BCUT2D eigenvalue weighted by atomic mass is 9.98. The summed E-state index contributed by atoms with van der Waals surface area (Å²) in [5.41, 5.74) is 0.841. The minimum Gasteiger partial charge on any atom is -0.481 e. The van der Waals surface area contributed by atoms with Crippen LogP contribution in [0.2, 0.25) is 0 Å². The highest BCUT2D eigenvalue weighted by molar-refractivity contribution is 6.01. The molecule has 14 heavy (non-hydrogen) atoms. The van der Waals surface area contributed by atoms with Crippen molar-refractivity contribution < 1.29 is 9.90 Å². The highest BCUT2D eigenvalue weighted by Gasteiger charge is 2.19. The zero-order valence-corrected chi connectivity index (χ0v) is 9.42. The predicted molar refractivity (Wildman–Crippen MR) is 58.9 cm³/mol. The second-order valence-corrected chi connectivity index (χ2v) is 3.38. The van der Waals surface area contributed by atoms with Crippen molar-refractivity contribution in [2.45, 2.75) is 46.5 Å². The molecule has 1 N–H and O–H groups in total. The third kappa shape index (κ3) is 4.40. The van der Waals surface area contributed by atoms with Crippen molar-refractivity contribution in [1.29, 1.82) is 0 Å². The molecule has 0 aliphatic heterocycles. The Bertz CT molecular complexity index is 199. The van der Waals surface area contributed by atoms with E-state index in [4.69, 9.17) is 5.11 Å². The summed E-state index contributed by atoms with van der Waals surface area (Å²) in [6.07, 6.45) is 3.52. The number of unbranched alkanes of at least 4 members (excludes halogenated alkanes) is 1. The van der Waals surface area contributed by atoms with Crippen LogP contribution in [0.15, 0.2) is 4.99 Å². The van der Waals surface area contributed by atoms with Crippen molar-refractivity contribution >= 4 is 11.7 Å². The summed E-state index contributed by atoms with van der Waals surface area (Å²) >= 11 is 0. The molecule has 82 valence electrons.